The van der Waals surface area contributed by atoms with Gasteiger partial charge in [0.15, 0.2) is 0 Å². The van der Waals surface area contributed by atoms with Crippen molar-refractivity contribution in [3.05, 3.63) is 0 Å². The fourth-order valence-corrected chi connectivity index (χ4v) is 10.4. The minimum atomic E-state index is -0.0320. The normalized spacial score (nSPS) is 60.5. The lowest BCUT2D eigenvalue weighted by Gasteiger charge is -2.61. The molecule has 1 spiro atoms. The van der Waals surface area contributed by atoms with Crippen molar-refractivity contribution < 1.29 is 9.84 Å². The molecule has 2 aliphatic heterocycles. The lowest BCUT2D eigenvalue weighted by molar-refractivity contribution is -0.140. The van der Waals surface area contributed by atoms with E-state index in [0.717, 1.165) is 54.9 Å². The maximum absolute atomic E-state index is 10.3. The molecule has 6 rings (SSSR count). The van der Waals surface area contributed by atoms with E-state index < -0.39 is 0 Å². The second kappa shape index (κ2) is 7.59. The average molecular weight is 452 g/mol. The van der Waals surface area contributed by atoms with Crippen LogP contribution < -0.4 is 5.32 Å². The summed E-state index contributed by atoms with van der Waals surface area (Å²) in [5.41, 5.74) is 0.919. The van der Waals surface area contributed by atoms with Crippen LogP contribution in [0.2, 0.25) is 0 Å². The van der Waals surface area contributed by atoms with Crippen molar-refractivity contribution in [3.63, 3.8) is 0 Å². The van der Waals surface area contributed by atoms with Crippen LogP contribution in [-0.2, 0) is 4.74 Å². The van der Waals surface area contributed by atoms with Gasteiger partial charge in [-0.15, -0.1) is 12.4 Å². The molecule has 4 heteroatoms. The molecule has 4 saturated carbocycles. The van der Waals surface area contributed by atoms with E-state index in [4.69, 9.17) is 4.74 Å². The zero-order valence-corrected chi connectivity index (χ0v) is 21.1. The molecule has 0 aromatic carbocycles. The summed E-state index contributed by atoms with van der Waals surface area (Å²) in [7, 11) is 0. The van der Waals surface area contributed by atoms with Gasteiger partial charge in [-0.1, -0.05) is 27.7 Å². The van der Waals surface area contributed by atoms with Gasteiger partial charge >= 0.3 is 0 Å². The Morgan fingerprint density at radius 1 is 0.871 bits per heavy atom. The monoisotopic (exact) mass is 451 g/mol. The predicted octanol–water partition coefficient (Wildman–Crippen LogP) is 5.79. The van der Waals surface area contributed by atoms with Crippen LogP contribution in [0.1, 0.15) is 91.9 Å². The zero-order valence-electron chi connectivity index (χ0n) is 20.2. The van der Waals surface area contributed by atoms with Gasteiger partial charge in [0.25, 0.3) is 0 Å². The highest BCUT2D eigenvalue weighted by Crippen LogP contribution is 2.71. The van der Waals surface area contributed by atoms with E-state index in [0.29, 0.717) is 22.9 Å². The Kier molecular flexibility index (Phi) is 5.61. The van der Waals surface area contributed by atoms with Gasteiger partial charge in [-0.05, 0) is 111 Å². The number of halogens is 1. The van der Waals surface area contributed by atoms with Crippen molar-refractivity contribution in [2.75, 3.05) is 6.54 Å². The summed E-state index contributed by atoms with van der Waals surface area (Å²) >= 11 is 0. The Bertz CT molecular complexity index is 693. The second-order valence-electron chi connectivity index (χ2n) is 13.3. The van der Waals surface area contributed by atoms with Crippen LogP contribution in [0.3, 0.4) is 0 Å². The minimum Gasteiger partial charge on any atom is -0.393 e. The van der Waals surface area contributed by atoms with E-state index >= 15 is 0 Å². The molecule has 178 valence electrons. The van der Waals surface area contributed by atoms with Crippen molar-refractivity contribution >= 4 is 12.4 Å². The number of fused-ring (bicyclic) bond motifs is 7. The first-order chi connectivity index (χ1) is 14.3. The van der Waals surface area contributed by atoms with Gasteiger partial charge in [-0.3, -0.25) is 5.32 Å². The van der Waals surface area contributed by atoms with Crippen LogP contribution in [0.5, 0.6) is 0 Å². The van der Waals surface area contributed by atoms with Crippen molar-refractivity contribution in [3.8, 4) is 0 Å². The highest BCUT2D eigenvalue weighted by Gasteiger charge is 2.68. The number of hydrogen-bond donors (Lipinski definition) is 2. The summed E-state index contributed by atoms with van der Waals surface area (Å²) in [5.74, 6) is 5.57. The smallest absolute Gasteiger partial charge is 0.122 e. The molecule has 0 aromatic rings. The number of nitrogens with one attached hydrogen (secondary N) is 1. The van der Waals surface area contributed by atoms with Crippen LogP contribution in [0.15, 0.2) is 0 Å². The largest absolute Gasteiger partial charge is 0.393 e. The predicted molar refractivity (Wildman–Crippen MR) is 127 cm³/mol. The number of aliphatic hydroxyl groups is 1. The van der Waals surface area contributed by atoms with Gasteiger partial charge in [0.05, 0.1) is 12.2 Å². The maximum Gasteiger partial charge on any atom is 0.122 e. The molecule has 12 atom stereocenters. The summed E-state index contributed by atoms with van der Waals surface area (Å²) in [6, 6.07) is 0. The molecular formula is C27H46ClNO2. The Morgan fingerprint density at radius 2 is 1.65 bits per heavy atom. The van der Waals surface area contributed by atoms with Gasteiger partial charge in [-0.2, -0.15) is 0 Å². The molecule has 0 amide bonds. The molecule has 0 bridgehead atoms. The topological polar surface area (TPSA) is 41.5 Å². The van der Waals surface area contributed by atoms with Gasteiger partial charge in [-0.25, -0.2) is 0 Å². The third kappa shape index (κ3) is 3.08. The van der Waals surface area contributed by atoms with Crippen molar-refractivity contribution in [2.45, 2.75) is 110 Å². The molecule has 2 N–H and O–H groups in total. The molecule has 6 aliphatic rings. The van der Waals surface area contributed by atoms with Gasteiger partial charge < -0.3 is 9.84 Å². The molecular weight excluding hydrogens is 406 g/mol. The number of rotatable bonds is 0. The minimum absolute atomic E-state index is 0. The third-order valence-electron chi connectivity index (χ3n) is 12.1. The summed E-state index contributed by atoms with van der Waals surface area (Å²) in [5, 5.41) is 14.2. The van der Waals surface area contributed by atoms with E-state index in [-0.39, 0.29) is 24.2 Å². The quantitative estimate of drug-likeness (QED) is 0.489. The van der Waals surface area contributed by atoms with Crippen LogP contribution in [-0.4, -0.2) is 29.6 Å². The maximum atomic E-state index is 10.3. The Morgan fingerprint density at radius 3 is 2.39 bits per heavy atom. The Balaban J connectivity index is 0.00000204. The van der Waals surface area contributed by atoms with Crippen molar-refractivity contribution in [1.82, 2.24) is 5.32 Å². The SMILES string of the molecule is C[C@@H]1CC[C@@]2(NC1)O[C@@H]1C[C@@H]3[C@H]4CC[C@@H]5C[C@H](O)CC[C@@]5(C)[C@@H]4CC[C@@]3(C)[C@@H]1[C@H]2C.Cl. The summed E-state index contributed by atoms with van der Waals surface area (Å²) in [6.45, 7) is 11.3. The van der Waals surface area contributed by atoms with Crippen LogP contribution >= 0.6 is 12.4 Å². The summed E-state index contributed by atoms with van der Waals surface area (Å²) in [6.07, 6.45) is 13.2. The number of ether oxygens (including phenoxy) is 1. The summed E-state index contributed by atoms with van der Waals surface area (Å²) in [4.78, 5) is 0. The molecule has 2 heterocycles. The molecule has 0 radical (unpaired) electrons. The van der Waals surface area contributed by atoms with Crippen molar-refractivity contribution in [2.24, 2.45) is 52.3 Å². The molecule has 0 aromatic heterocycles. The standard InChI is InChI=1S/C27H45NO2.ClH/c1-16-7-12-27(28-15-16)17(2)24-23(30-27)14-22-20-6-5-18-13-19(29)8-10-25(18,3)21(20)9-11-26(22,24)4;/h16-24,28-29H,5-15H2,1-4H3;1H/t16-,17-,18-,19-,20+,21-,22-,23-,24-,25-,26-,27-;/m1./s1. The van der Waals surface area contributed by atoms with Gasteiger partial charge in [0, 0.05) is 12.5 Å². The molecule has 6 fully saturated rings. The molecule has 4 aliphatic carbocycles. The van der Waals surface area contributed by atoms with E-state index in [2.05, 4.69) is 33.0 Å². The van der Waals surface area contributed by atoms with E-state index in [1.54, 1.807) is 0 Å². The first-order valence-corrected chi connectivity index (χ1v) is 13.4. The lowest BCUT2D eigenvalue weighted by atomic mass is 9.44. The highest BCUT2D eigenvalue weighted by atomic mass is 35.5. The fraction of sp³-hybridized carbons (Fsp3) is 1.00. The lowest BCUT2D eigenvalue weighted by Crippen LogP contribution is -2.57. The highest BCUT2D eigenvalue weighted by molar-refractivity contribution is 5.85. The molecule has 2 saturated heterocycles. The first-order valence-electron chi connectivity index (χ1n) is 13.4. The van der Waals surface area contributed by atoms with Crippen molar-refractivity contribution in [1.29, 1.82) is 0 Å². The molecule has 31 heavy (non-hydrogen) atoms. The van der Waals surface area contributed by atoms with E-state index in [9.17, 15) is 5.11 Å². The van der Waals surface area contributed by atoms with Gasteiger partial charge in [0.2, 0.25) is 0 Å². The van der Waals surface area contributed by atoms with Crippen LogP contribution in [0, 0.1) is 52.3 Å². The first kappa shape index (κ1) is 22.9. The number of aliphatic hydroxyl groups excluding tert-OH is 1. The van der Waals surface area contributed by atoms with E-state index in [1.165, 1.54) is 51.4 Å². The number of hydrogen-bond acceptors (Lipinski definition) is 3. The zero-order chi connectivity index (χ0) is 20.9. The summed E-state index contributed by atoms with van der Waals surface area (Å²) < 4.78 is 7.01. The fourth-order valence-electron chi connectivity index (χ4n) is 10.4. The Labute approximate surface area is 196 Å². The Hall–Kier alpha value is 0.170. The second-order valence-corrected chi connectivity index (χ2v) is 13.3. The van der Waals surface area contributed by atoms with Gasteiger partial charge in [0.1, 0.15) is 5.72 Å². The van der Waals surface area contributed by atoms with Crippen LogP contribution in [0.4, 0.5) is 0 Å². The number of piperidine rings is 1. The third-order valence-corrected chi connectivity index (χ3v) is 12.1. The molecule has 0 unspecified atom stereocenters. The average Bonchev–Trinajstić information content (AvgIpc) is 3.16. The van der Waals surface area contributed by atoms with Crippen LogP contribution in [0.25, 0.3) is 0 Å². The molecule has 3 nitrogen and oxygen atoms in total. The van der Waals surface area contributed by atoms with E-state index in [1.807, 2.05) is 0 Å².